The maximum absolute atomic E-state index is 12.7. The van der Waals surface area contributed by atoms with Crippen LogP contribution in [0, 0.1) is 0 Å². The number of hydrogen-bond acceptors (Lipinski definition) is 6. The molecule has 0 saturated carbocycles. The van der Waals surface area contributed by atoms with Crippen molar-refractivity contribution < 1.29 is 14.3 Å². The van der Waals surface area contributed by atoms with Crippen LogP contribution in [0.5, 0.6) is 0 Å². The van der Waals surface area contributed by atoms with Crippen molar-refractivity contribution in [2.45, 2.75) is 38.5 Å². The maximum Gasteiger partial charge on any atom is 0.411 e. The van der Waals surface area contributed by atoms with E-state index in [9.17, 15) is 9.59 Å². The largest absolute Gasteiger partial charge is 0.446 e. The number of ether oxygens (including phenoxy) is 1. The van der Waals surface area contributed by atoms with E-state index in [0.717, 1.165) is 67.1 Å². The Bertz CT molecular complexity index is 1420. The fraction of sp³-hybridized carbons (Fsp3) is 0.265. The number of benzene rings is 3. The van der Waals surface area contributed by atoms with Crippen LogP contribution in [0.3, 0.4) is 0 Å². The molecule has 4 aromatic rings. The van der Waals surface area contributed by atoms with Crippen molar-refractivity contribution in [1.29, 1.82) is 0 Å². The summed E-state index contributed by atoms with van der Waals surface area (Å²) in [6.07, 6.45) is 4.90. The number of rotatable bonds is 11. The molecule has 1 aromatic heterocycles. The number of piperidine rings is 1. The Hall–Kier alpha value is -4.53. The predicted octanol–water partition coefficient (Wildman–Crippen LogP) is 6.08. The van der Waals surface area contributed by atoms with Crippen molar-refractivity contribution in [1.82, 2.24) is 15.2 Å². The summed E-state index contributed by atoms with van der Waals surface area (Å²) in [4.78, 5) is 31.5. The van der Waals surface area contributed by atoms with Gasteiger partial charge < -0.3 is 20.3 Å². The average Bonchev–Trinajstić information content (AvgIpc) is 3.03. The average molecular weight is 564 g/mol. The number of carbonyl (C=O) groups excluding carboxylic acids is 2. The number of anilines is 2. The highest BCUT2D eigenvalue weighted by atomic mass is 16.6. The third-order valence-electron chi connectivity index (χ3n) is 7.36. The normalized spacial score (nSPS) is 13.8. The molecule has 1 aliphatic heterocycles. The molecule has 216 valence electrons. The van der Waals surface area contributed by atoms with Crippen LogP contribution < -0.4 is 16.0 Å². The zero-order chi connectivity index (χ0) is 29.0. The van der Waals surface area contributed by atoms with E-state index in [-0.39, 0.29) is 12.0 Å². The van der Waals surface area contributed by atoms with Gasteiger partial charge in [-0.05, 0) is 59.9 Å². The molecule has 1 fully saturated rings. The minimum atomic E-state index is -0.438. The van der Waals surface area contributed by atoms with E-state index in [1.54, 1.807) is 12.4 Å². The predicted molar refractivity (Wildman–Crippen MR) is 166 cm³/mol. The minimum absolute atomic E-state index is 0.00612. The Morgan fingerprint density at radius 2 is 1.45 bits per heavy atom. The molecule has 1 saturated heterocycles. The van der Waals surface area contributed by atoms with E-state index < -0.39 is 6.09 Å². The number of carbonyl (C=O) groups is 2. The fourth-order valence-corrected chi connectivity index (χ4v) is 5.04. The standard InChI is InChI=1S/C34H37N5O3/c40-33(37-29-12-10-26(11-13-29)24-36-25-27-14-19-35-20-15-27)18-23-39-21-16-30(17-22-39)42-34(41)38-32-9-5-4-8-31(32)28-6-2-1-3-7-28/h1-15,19-20,30,36H,16-18,21-25H2,(H,37,40)(H,38,41). The van der Waals surface area contributed by atoms with Gasteiger partial charge in [-0.15, -0.1) is 0 Å². The summed E-state index contributed by atoms with van der Waals surface area (Å²) in [6.45, 7) is 3.77. The number of nitrogens with one attached hydrogen (secondary N) is 3. The maximum atomic E-state index is 12.7. The van der Waals surface area contributed by atoms with E-state index in [2.05, 4.69) is 25.8 Å². The van der Waals surface area contributed by atoms with Crippen LogP contribution in [0.15, 0.2) is 103 Å². The van der Waals surface area contributed by atoms with Gasteiger partial charge in [0.2, 0.25) is 5.91 Å². The number of para-hydroxylation sites is 1. The summed E-state index contributed by atoms with van der Waals surface area (Å²) in [5.41, 5.74) is 5.85. The van der Waals surface area contributed by atoms with Crippen molar-refractivity contribution in [2.24, 2.45) is 0 Å². The first-order valence-electron chi connectivity index (χ1n) is 14.5. The lowest BCUT2D eigenvalue weighted by Gasteiger charge is -2.31. The number of amides is 2. The second-order valence-corrected chi connectivity index (χ2v) is 10.4. The van der Waals surface area contributed by atoms with Gasteiger partial charge in [0, 0.05) is 62.8 Å². The number of hydrogen-bond donors (Lipinski definition) is 3. The zero-order valence-corrected chi connectivity index (χ0v) is 23.7. The van der Waals surface area contributed by atoms with Crippen LogP contribution in [0.4, 0.5) is 16.2 Å². The van der Waals surface area contributed by atoms with Gasteiger partial charge in [-0.3, -0.25) is 15.1 Å². The van der Waals surface area contributed by atoms with E-state index in [4.69, 9.17) is 4.74 Å². The molecule has 8 nitrogen and oxygen atoms in total. The van der Waals surface area contributed by atoms with Gasteiger partial charge in [0.15, 0.2) is 0 Å². The molecule has 0 unspecified atom stereocenters. The highest BCUT2D eigenvalue weighted by Gasteiger charge is 2.23. The number of likely N-dealkylation sites (tertiary alicyclic amines) is 1. The van der Waals surface area contributed by atoms with Gasteiger partial charge in [0.25, 0.3) is 0 Å². The lowest BCUT2D eigenvalue weighted by atomic mass is 10.0. The summed E-state index contributed by atoms with van der Waals surface area (Å²) >= 11 is 0. The van der Waals surface area contributed by atoms with Crippen LogP contribution in [0.1, 0.15) is 30.4 Å². The highest BCUT2D eigenvalue weighted by molar-refractivity contribution is 5.92. The van der Waals surface area contributed by atoms with Crippen LogP contribution in [0.2, 0.25) is 0 Å². The first kappa shape index (κ1) is 29.0. The summed E-state index contributed by atoms with van der Waals surface area (Å²) in [7, 11) is 0. The summed E-state index contributed by atoms with van der Waals surface area (Å²) in [5.74, 6) is -0.00612. The van der Waals surface area contributed by atoms with Gasteiger partial charge in [-0.1, -0.05) is 60.7 Å². The molecule has 0 aliphatic carbocycles. The summed E-state index contributed by atoms with van der Waals surface area (Å²) in [6, 6.07) is 29.6. The van der Waals surface area contributed by atoms with Crippen molar-refractivity contribution in [3.05, 3.63) is 115 Å². The molecule has 42 heavy (non-hydrogen) atoms. The monoisotopic (exact) mass is 563 g/mol. The van der Waals surface area contributed by atoms with Crippen molar-refractivity contribution in [3.8, 4) is 11.1 Å². The van der Waals surface area contributed by atoms with Gasteiger partial charge >= 0.3 is 6.09 Å². The SMILES string of the molecule is O=C(CCN1CCC(OC(=O)Nc2ccccc2-c2ccccc2)CC1)Nc1ccc(CNCc2ccncc2)cc1. The third-order valence-corrected chi connectivity index (χ3v) is 7.36. The minimum Gasteiger partial charge on any atom is -0.446 e. The van der Waals surface area contributed by atoms with Crippen LogP contribution >= 0.6 is 0 Å². The van der Waals surface area contributed by atoms with Crippen molar-refractivity contribution in [2.75, 3.05) is 30.3 Å². The Balaban J connectivity index is 0.985. The Morgan fingerprint density at radius 1 is 0.786 bits per heavy atom. The topological polar surface area (TPSA) is 95.6 Å². The Labute approximate surface area is 247 Å². The first-order chi connectivity index (χ1) is 20.6. The Morgan fingerprint density at radius 3 is 2.19 bits per heavy atom. The molecule has 0 radical (unpaired) electrons. The molecule has 0 bridgehead atoms. The molecular weight excluding hydrogens is 526 g/mol. The molecule has 3 aromatic carbocycles. The Kier molecular flexibility index (Phi) is 10.3. The summed E-state index contributed by atoms with van der Waals surface area (Å²) < 4.78 is 5.73. The molecule has 2 heterocycles. The second-order valence-electron chi connectivity index (χ2n) is 10.4. The fourth-order valence-electron chi connectivity index (χ4n) is 5.04. The lowest BCUT2D eigenvalue weighted by Crippen LogP contribution is -2.39. The first-order valence-corrected chi connectivity index (χ1v) is 14.5. The molecule has 1 aliphatic rings. The molecule has 5 rings (SSSR count). The van der Waals surface area contributed by atoms with E-state index >= 15 is 0 Å². The molecule has 2 amide bonds. The number of pyridine rings is 1. The van der Waals surface area contributed by atoms with Crippen LogP contribution in [-0.4, -0.2) is 47.6 Å². The molecule has 8 heteroatoms. The molecular formula is C34H37N5O3. The van der Waals surface area contributed by atoms with E-state index in [1.807, 2.05) is 91.0 Å². The molecule has 0 atom stereocenters. The van der Waals surface area contributed by atoms with Gasteiger partial charge in [-0.25, -0.2) is 4.79 Å². The quantitative estimate of drug-likeness (QED) is 0.205. The second kappa shape index (κ2) is 14.9. The number of nitrogens with zero attached hydrogens (tertiary/aromatic N) is 2. The smallest absolute Gasteiger partial charge is 0.411 e. The molecule has 3 N–H and O–H groups in total. The zero-order valence-electron chi connectivity index (χ0n) is 23.7. The van der Waals surface area contributed by atoms with E-state index in [0.29, 0.717) is 13.0 Å². The third kappa shape index (κ3) is 8.73. The summed E-state index contributed by atoms with van der Waals surface area (Å²) in [5, 5.41) is 9.33. The van der Waals surface area contributed by atoms with Gasteiger partial charge in [-0.2, -0.15) is 0 Å². The van der Waals surface area contributed by atoms with Crippen molar-refractivity contribution >= 4 is 23.4 Å². The van der Waals surface area contributed by atoms with Crippen LogP contribution in [0.25, 0.3) is 11.1 Å². The molecule has 0 spiro atoms. The van der Waals surface area contributed by atoms with Gasteiger partial charge in [0.1, 0.15) is 6.10 Å². The number of aromatic nitrogens is 1. The highest BCUT2D eigenvalue weighted by Crippen LogP contribution is 2.28. The van der Waals surface area contributed by atoms with E-state index in [1.165, 1.54) is 5.56 Å². The van der Waals surface area contributed by atoms with Gasteiger partial charge in [0.05, 0.1) is 5.69 Å². The van der Waals surface area contributed by atoms with Crippen LogP contribution in [-0.2, 0) is 22.6 Å². The lowest BCUT2D eigenvalue weighted by molar-refractivity contribution is -0.116. The van der Waals surface area contributed by atoms with Crippen molar-refractivity contribution in [3.63, 3.8) is 0 Å².